The van der Waals surface area contributed by atoms with E-state index in [9.17, 15) is 9.59 Å². The van der Waals surface area contributed by atoms with E-state index in [0.717, 1.165) is 12.8 Å². The van der Waals surface area contributed by atoms with Gasteiger partial charge in [0.15, 0.2) is 11.5 Å². The number of benzene rings is 1. The van der Waals surface area contributed by atoms with E-state index in [0.29, 0.717) is 27.9 Å². The Bertz CT molecular complexity index is 990. The molecular weight excluding hydrogens is 366 g/mol. The lowest BCUT2D eigenvalue weighted by molar-refractivity contribution is -0.113. The van der Waals surface area contributed by atoms with Gasteiger partial charge in [-0.2, -0.15) is 0 Å². The maximum atomic E-state index is 12.5. The third kappa shape index (κ3) is 3.59. The number of carbonyl (C=O) groups excluding carboxylic acids is 2. The molecule has 1 N–H and O–H groups in total. The summed E-state index contributed by atoms with van der Waals surface area (Å²) in [6.45, 7) is 1.41. The Morgan fingerprint density at radius 1 is 1.30 bits per heavy atom. The number of hydrogen-bond donors (Lipinski definition) is 1. The molecule has 140 valence electrons. The molecule has 1 aliphatic carbocycles. The molecule has 0 bridgehead atoms. The Hall–Kier alpha value is -2.68. The second-order valence-corrected chi connectivity index (χ2v) is 7.48. The van der Waals surface area contributed by atoms with Gasteiger partial charge in [0, 0.05) is 12.3 Å². The van der Waals surface area contributed by atoms with E-state index in [1.165, 1.54) is 31.5 Å². The number of amides is 1. The van der Waals surface area contributed by atoms with Crippen molar-refractivity contribution in [3.63, 3.8) is 0 Å². The van der Waals surface area contributed by atoms with Gasteiger partial charge >= 0.3 is 0 Å². The van der Waals surface area contributed by atoms with Gasteiger partial charge in [0.25, 0.3) is 0 Å². The minimum absolute atomic E-state index is 0.143. The number of hydrogen-bond acceptors (Lipinski definition) is 7. The number of rotatable bonds is 6. The fourth-order valence-electron chi connectivity index (χ4n) is 3.38. The quantitative estimate of drug-likeness (QED) is 0.512. The average molecular weight is 385 g/mol. The molecule has 1 saturated carbocycles. The highest BCUT2D eigenvalue weighted by Gasteiger charge is 2.23. The third-order valence-corrected chi connectivity index (χ3v) is 5.58. The number of Topliss-reactive ketones (excluding diaryl/α,β-unsaturated/α-hetero) is 1. The Morgan fingerprint density at radius 3 is 2.85 bits per heavy atom. The summed E-state index contributed by atoms with van der Waals surface area (Å²) in [6.07, 6.45) is 4.48. The SMILES string of the molecule is CC(=O)c1oc2ccccc2c1NC(=O)CSc1nnnn1C1CCCC1. The zero-order valence-corrected chi connectivity index (χ0v) is 15.7. The van der Waals surface area contributed by atoms with E-state index in [1.54, 1.807) is 6.07 Å². The van der Waals surface area contributed by atoms with Crippen LogP contribution >= 0.6 is 11.8 Å². The molecule has 2 heterocycles. The van der Waals surface area contributed by atoms with Crippen LogP contribution in [0.25, 0.3) is 11.0 Å². The van der Waals surface area contributed by atoms with Crippen LogP contribution in [0.4, 0.5) is 5.69 Å². The van der Waals surface area contributed by atoms with Crippen molar-refractivity contribution in [2.24, 2.45) is 0 Å². The Morgan fingerprint density at radius 2 is 2.07 bits per heavy atom. The number of ketones is 1. The maximum absolute atomic E-state index is 12.5. The Balaban J connectivity index is 1.48. The summed E-state index contributed by atoms with van der Waals surface area (Å²) in [6, 6.07) is 7.55. The number of nitrogens with zero attached hydrogens (tertiary/aromatic N) is 4. The second kappa shape index (κ2) is 7.51. The summed E-state index contributed by atoms with van der Waals surface area (Å²) in [5.74, 6) is -0.177. The van der Waals surface area contributed by atoms with Crippen molar-refractivity contribution in [2.45, 2.75) is 43.8 Å². The van der Waals surface area contributed by atoms with Crippen molar-refractivity contribution in [3.05, 3.63) is 30.0 Å². The number of para-hydroxylation sites is 1. The Labute approximate surface area is 159 Å². The molecule has 0 radical (unpaired) electrons. The lowest BCUT2D eigenvalue weighted by atomic mass is 10.2. The smallest absolute Gasteiger partial charge is 0.234 e. The van der Waals surface area contributed by atoms with Gasteiger partial charge in [-0.05, 0) is 35.4 Å². The minimum Gasteiger partial charge on any atom is -0.451 e. The maximum Gasteiger partial charge on any atom is 0.234 e. The lowest BCUT2D eigenvalue weighted by Gasteiger charge is -2.10. The van der Waals surface area contributed by atoms with E-state index in [1.807, 2.05) is 22.9 Å². The van der Waals surface area contributed by atoms with E-state index in [4.69, 9.17) is 4.42 Å². The lowest BCUT2D eigenvalue weighted by Crippen LogP contribution is -2.16. The van der Waals surface area contributed by atoms with Crippen LogP contribution in [0.5, 0.6) is 0 Å². The van der Waals surface area contributed by atoms with Crippen LogP contribution in [0.1, 0.15) is 49.2 Å². The van der Waals surface area contributed by atoms with Gasteiger partial charge in [-0.1, -0.05) is 36.7 Å². The van der Waals surface area contributed by atoms with Crippen LogP contribution in [0.3, 0.4) is 0 Å². The highest BCUT2D eigenvalue weighted by atomic mass is 32.2. The molecule has 1 aromatic carbocycles. The number of carbonyl (C=O) groups is 2. The normalized spacial score (nSPS) is 14.7. The summed E-state index contributed by atoms with van der Waals surface area (Å²) < 4.78 is 7.41. The summed E-state index contributed by atoms with van der Waals surface area (Å²) in [4.78, 5) is 24.4. The number of nitrogens with one attached hydrogen (secondary N) is 1. The van der Waals surface area contributed by atoms with Crippen molar-refractivity contribution >= 4 is 40.1 Å². The van der Waals surface area contributed by atoms with Gasteiger partial charge in [-0.15, -0.1) is 5.10 Å². The molecule has 0 saturated heterocycles. The van der Waals surface area contributed by atoms with Crippen molar-refractivity contribution in [1.82, 2.24) is 20.2 Å². The van der Waals surface area contributed by atoms with Crippen LogP contribution in [-0.4, -0.2) is 37.7 Å². The summed E-state index contributed by atoms with van der Waals surface area (Å²) in [7, 11) is 0. The summed E-state index contributed by atoms with van der Waals surface area (Å²) in [5.41, 5.74) is 0.981. The molecule has 4 rings (SSSR count). The topological polar surface area (TPSA) is 103 Å². The molecule has 0 aliphatic heterocycles. The zero-order valence-electron chi connectivity index (χ0n) is 14.8. The van der Waals surface area contributed by atoms with Crippen LogP contribution in [-0.2, 0) is 4.79 Å². The summed E-state index contributed by atoms with van der Waals surface area (Å²) in [5, 5.41) is 16.0. The summed E-state index contributed by atoms with van der Waals surface area (Å²) >= 11 is 1.29. The van der Waals surface area contributed by atoms with Crippen LogP contribution in [0.15, 0.2) is 33.8 Å². The molecule has 0 spiro atoms. The van der Waals surface area contributed by atoms with Gasteiger partial charge in [0.2, 0.25) is 11.1 Å². The molecule has 8 nitrogen and oxygen atoms in total. The average Bonchev–Trinajstić information content (AvgIpc) is 3.39. The molecule has 0 unspecified atom stereocenters. The number of fused-ring (bicyclic) bond motifs is 1. The van der Waals surface area contributed by atoms with Crippen LogP contribution in [0, 0.1) is 0 Å². The van der Waals surface area contributed by atoms with Crippen molar-refractivity contribution in [3.8, 4) is 0 Å². The number of aromatic nitrogens is 4. The predicted octanol–water partition coefficient (Wildman–Crippen LogP) is 3.47. The van der Waals surface area contributed by atoms with Gasteiger partial charge in [0.05, 0.1) is 17.5 Å². The molecule has 27 heavy (non-hydrogen) atoms. The fourth-order valence-corrected chi connectivity index (χ4v) is 4.13. The van der Waals surface area contributed by atoms with Gasteiger partial charge < -0.3 is 9.73 Å². The molecule has 0 atom stereocenters. The fraction of sp³-hybridized carbons (Fsp3) is 0.389. The van der Waals surface area contributed by atoms with Gasteiger partial charge in [-0.25, -0.2) is 4.68 Å². The highest BCUT2D eigenvalue weighted by Crippen LogP contribution is 2.33. The zero-order chi connectivity index (χ0) is 18.8. The first-order valence-electron chi connectivity index (χ1n) is 8.86. The molecule has 1 amide bonds. The number of thioether (sulfide) groups is 1. The molecule has 1 aliphatic rings. The molecular formula is C18H19N5O3S. The van der Waals surface area contributed by atoms with E-state index in [2.05, 4.69) is 20.8 Å². The first-order chi connectivity index (χ1) is 13.1. The molecule has 9 heteroatoms. The first-order valence-corrected chi connectivity index (χ1v) is 9.85. The van der Waals surface area contributed by atoms with Crippen molar-refractivity contribution in [2.75, 3.05) is 11.1 Å². The monoisotopic (exact) mass is 385 g/mol. The van der Waals surface area contributed by atoms with E-state index in [-0.39, 0.29) is 23.2 Å². The van der Waals surface area contributed by atoms with Crippen LogP contribution in [0.2, 0.25) is 0 Å². The van der Waals surface area contributed by atoms with E-state index < -0.39 is 0 Å². The van der Waals surface area contributed by atoms with Crippen LogP contribution < -0.4 is 5.32 Å². The molecule has 1 fully saturated rings. The first kappa shape index (κ1) is 17.7. The van der Waals surface area contributed by atoms with Gasteiger partial charge in [0.1, 0.15) is 5.58 Å². The second-order valence-electron chi connectivity index (χ2n) is 6.54. The van der Waals surface area contributed by atoms with Crippen molar-refractivity contribution in [1.29, 1.82) is 0 Å². The molecule has 3 aromatic rings. The minimum atomic E-state index is -0.241. The van der Waals surface area contributed by atoms with Crippen molar-refractivity contribution < 1.29 is 14.0 Å². The van der Waals surface area contributed by atoms with E-state index >= 15 is 0 Å². The number of anilines is 1. The standard InChI is InChI=1S/C18H19N5O3S/c1-11(24)17-16(13-8-4-5-9-14(13)26-17)19-15(25)10-27-18-20-21-22-23(18)12-6-2-3-7-12/h4-5,8-9,12H,2-3,6-7,10H2,1H3,(H,19,25). The Kier molecular flexibility index (Phi) is 4.93. The molecule has 2 aromatic heterocycles. The highest BCUT2D eigenvalue weighted by molar-refractivity contribution is 7.99. The largest absolute Gasteiger partial charge is 0.451 e. The third-order valence-electron chi connectivity index (χ3n) is 4.65. The number of furan rings is 1. The van der Waals surface area contributed by atoms with Gasteiger partial charge in [-0.3, -0.25) is 9.59 Å². The number of tetrazole rings is 1. The predicted molar refractivity (Wildman–Crippen MR) is 101 cm³/mol.